The molecule has 34 heavy (non-hydrogen) atoms. The summed E-state index contributed by atoms with van der Waals surface area (Å²) in [6, 6.07) is 9.26. The largest absolute Gasteiger partial charge is 0.383 e. The summed E-state index contributed by atoms with van der Waals surface area (Å²) < 4.78 is 0. The summed E-state index contributed by atoms with van der Waals surface area (Å²) in [6.07, 6.45) is 7.09. The molecule has 1 aliphatic carbocycles. The van der Waals surface area contributed by atoms with Gasteiger partial charge in [0.25, 0.3) is 5.91 Å². The van der Waals surface area contributed by atoms with Crippen LogP contribution in [0, 0.1) is 29.1 Å². The lowest BCUT2D eigenvalue weighted by Gasteiger charge is -2.28. The summed E-state index contributed by atoms with van der Waals surface area (Å²) in [5.74, 6) is 4.99. The van der Waals surface area contributed by atoms with Gasteiger partial charge in [-0.3, -0.25) is 9.59 Å². The Hall–Kier alpha value is -4.17. The summed E-state index contributed by atoms with van der Waals surface area (Å²) in [5.41, 5.74) is 10.3. The molecule has 1 fully saturated rings. The number of benzene rings is 1. The lowest BCUT2D eigenvalue weighted by atomic mass is 9.84. The first kappa shape index (κ1) is 23.0. The van der Waals surface area contributed by atoms with Crippen molar-refractivity contribution in [1.82, 2.24) is 14.9 Å². The minimum atomic E-state index is -0.367. The summed E-state index contributed by atoms with van der Waals surface area (Å²) in [6.45, 7) is 2.27. The van der Waals surface area contributed by atoms with Crippen LogP contribution in [0.2, 0.25) is 0 Å². The molecule has 1 saturated heterocycles. The summed E-state index contributed by atoms with van der Waals surface area (Å²) in [5, 5.41) is 12.0. The fourth-order valence-electron chi connectivity index (χ4n) is 4.61. The number of nitrogens with one attached hydrogen (secondary N) is 1. The molecule has 2 heterocycles. The average molecular weight is 455 g/mol. The van der Waals surface area contributed by atoms with Crippen molar-refractivity contribution in [2.75, 3.05) is 17.6 Å². The molecule has 8 heteroatoms. The Kier molecular flexibility index (Phi) is 6.89. The van der Waals surface area contributed by atoms with E-state index in [0.29, 0.717) is 43.0 Å². The van der Waals surface area contributed by atoms with Crippen molar-refractivity contribution in [3.05, 3.63) is 42.2 Å². The molecule has 1 unspecified atom stereocenters. The van der Waals surface area contributed by atoms with Gasteiger partial charge in [0.15, 0.2) is 0 Å². The number of nitrogens with zero attached hydrogens (tertiary/aromatic N) is 4. The highest BCUT2D eigenvalue weighted by molar-refractivity contribution is 6.04. The molecule has 0 radical (unpaired) electrons. The number of hydrogen-bond donors (Lipinski definition) is 2. The smallest absolute Gasteiger partial charge is 0.300 e. The molecule has 8 nitrogen and oxygen atoms in total. The van der Waals surface area contributed by atoms with Crippen LogP contribution in [0.3, 0.4) is 0 Å². The molecule has 0 bridgehead atoms. The Labute approximate surface area is 198 Å². The predicted molar refractivity (Wildman–Crippen MR) is 130 cm³/mol. The molecule has 1 aromatic heterocycles. The Balaban J connectivity index is 1.55. The Morgan fingerprint density at radius 3 is 2.68 bits per heavy atom. The number of nitrogen functional groups attached to an aromatic ring is 1. The van der Waals surface area contributed by atoms with E-state index < -0.39 is 0 Å². The minimum Gasteiger partial charge on any atom is -0.383 e. The maximum Gasteiger partial charge on any atom is 0.300 e. The van der Waals surface area contributed by atoms with E-state index in [1.807, 2.05) is 12.1 Å². The Morgan fingerprint density at radius 2 is 2.00 bits per heavy atom. The molecule has 1 aliphatic heterocycles. The second-order valence-corrected chi connectivity index (χ2v) is 8.41. The molecule has 0 saturated carbocycles. The third-order valence-electron chi connectivity index (χ3n) is 6.30. The summed E-state index contributed by atoms with van der Waals surface area (Å²) >= 11 is 0. The molecule has 1 aromatic carbocycles. The molecule has 172 valence electrons. The van der Waals surface area contributed by atoms with Gasteiger partial charge in [0.1, 0.15) is 18.2 Å². The van der Waals surface area contributed by atoms with E-state index in [4.69, 9.17) is 5.73 Å². The number of likely N-dealkylation sites (tertiary alicyclic amines) is 1. The van der Waals surface area contributed by atoms with Crippen LogP contribution in [-0.4, -0.2) is 39.3 Å². The molecule has 4 rings (SSSR count). The van der Waals surface area contributed by atoms with E-state index in [2.05, 4.69) is 39.3 Å². The predicted octanol–water partition coefficient (Wildman–Crippen LogP) is 3.39. The topological polar surface area (TPSA) is 125 Å². The van der Waals surface area contributed by atoms with E-state index >= 15 is 0 Å². The van der Waals surface area contributed by atoms with Crippen molar-refractivity contribution < 1.29 is 9.59 Å². The van der Waals surface area contributed by atoms with Crippen molar-refractivity contribution in [1.29, 1.82) is 5.26 Å². The lowest BCUT2D eigenvalue weighted by Crippen LogP contribution is -2.39. The highest BCUT2D eigenvalue weighted by atomic mass is 16.2. The van der Waals surface area contributed by atoms with Crippen LogP contribution < -0.4 is 11.1 Å². The molecular formula is C26H26N6O2. The van der Waals surface area contributed by atoms with Gasteiger partial charge in [0.2, 0.25) is 5.91 Å². The monoisotopic (exact) mass is 454 g/mol. The average Bonchev–Trinajstić information content (AvgIpc) is 3.33. The zero-order valence-corrected chi connectivity index (χ0v) is 19.0. The van der Waals surface area contributed by atoms with E-state index in [1.54, 1.807) is 24.0 Å². The molecule has 3 N–H and O–H groups in total. The zero-order valence-electron chi connectivity index (χ0n) is 19.0. The molecule has 2 aliphatic rings. The van der Waals surface area contributed by atoms with Gasteiger partial charge in [0, 0.05) is 29.3 Å². The van der Waals surface area contributed by atoms with E-state index in [1.165, 1.54) is 6.33 Å². The molecular weight excluding hydrogens is 428 g/mol. The minimum absolute atomic E-state index is 0.0715. The lowest BCUT2D eigenvalue weighted by molar-refractivity contribution is -0.135. The number of carbonyl (C=O) groups is 2. The molecule has 2 aromatic rings. The Bertz CT molecular complexity index is 1230. The number of anilines is 2. The quantitative estimate of drug-likeness (QED) is 0.682. The fraction of sp³-hybridized carbons (Fsp3) is 0.346. The summed E-state index contributed by atoms with van der Waals surface area (Å²) in [7, 11) is 0. The van der Waals surface area contributed by atoms with Gasteiger partial charge in [-0.2, -0.15) is 5.26 Å². The van der Waals surface area contributed by atoms with Crippen LogP contribution in [0.1, 0.15) is 44.6 Å². The van der Waals surface area contributed by atoms with Crippen molar-refractivity contribution in [2.45, 2.75) is 45.1 Å². The van der Waals surface area contributed by atoms with Gasteiger partial charge in [-0.05, 0) is 62.7 Å². The van der Waals surface area contributed by atoms with Gasteiger partial charge in [-0.25, -0.2) is 9.97 Å². The van der Waals surface area contributed by atoms with Gasteiger partial charge >= 0.3 is 0 Å². The maximum atomic E-state index is 13.0. The van der Waals surface area contributed by atoms with Crippen molar-refractivity contribution >= 4 is 28.9 Å². The van der Waals surface area contributed by atoms with E-state index in [9.17, 15) is 14.9 Å². The van der Waals surface area contributed by atoms with Crippen molar-refractivity contribution in [3.8, 4) is 29.2 Å². The molecule has 0 spiro atoms. The van der Waals surface area contributed by atoms with Crippen LogP contribution in [0.4, 0.5) is 11.5 Å². The standard InChI is InChI=1S/C26H26N6O2/c1-2-4-22(33)31-20-12-10-18(11-13-20)24-23(25(28)30-16-29-24)17-6-8-19(9-7-17)26(34)32-14-3-5-21(32)15-27/h6,10-13,16,19,21H,3,5,7-9,14H2,1H3,(H,31,33)(H2,28,29,30)/t19?,21-/m0/s1. The third-order valence-corrected chi connectivity index (χ3v) is 6.30. The number of aromatic nitrogens is 2. The number of carbonyl (C=O) groups excluding carboxylic acids is 2. The van der Waals surface area contributed by atoms with Crippen molar-refractivity contribution in [2.24, 2.45) is 5.92 Å². The normalized spacial score (nSPS) is 19.4. The second-order valence-electron chi connectivity index (χ2n) is 8.41. The third kappa shape index (κ3) is 4.77. The number of hydrogen-bond acceptors (Lipinski definition) is 6. The van der Waals surface area contributed by atoms with Crippen LogP contribution in [0.25, 0.3) is 16.8 Å². The number of rotatable bonds is 4. The first-order chi connectivity index (χ1) is 16.5. The number of allylic oxidation sites excluding steroid dienone is 2. The first-order valence-corrected chi connectivity index (χ1v) is 11.4. The van der Waals surface area contributed by atoms with Crippen LogP contribution in [0.15, 0.2) is 36.7 Å². The van der Waals surface area contributed by atoms with Crippen LogP contribution in [0.5, 0.6) is 0 Å². The highest BCUT2D eigenvalue weighted by Crippen LogP contribution is 2.38. The number of amides is 2. The second kappa shape index (κ2) is 10.2. The summed E-state index contributed by atoms with van der Waals surface area (Å²) in [4.78, 5) is 35.1. The van der Waals surface area contributed by atoms with Gasteiger partial charge in [-0.15, -0.1) is 0 Å². The number of nitriles is 1. The van der Waals surface area contributed by atoms with E-state index in [0.717, 1.165) is 29.5 Å². The fourth-order valence-corrected chi connectivity index (χ4v) is 4.61. The maximum absolute atomic E-state index is 13.0. The highest BCUT2D eigenvalue weighted by Gasteiger charge is 2.34. The van der Waals surface area contributed by atoms with Crippen molar-refractivity contribution in [3.63, 3.8) is 0 Å². The molecule has 2 atom stereocenters. The first-order valence-electron chi connectivity index (χ1n) is 11.4. The van der Waals surface area contributed by atoms with Crippen LogP contribution >= 0.6 is 0 Å². The SMILES string of the molecule is CC#CC(=O)Nc1ccc(-c2ncnc(N)c2C2=CCC(C(=O)N3CCC[C@H]3C#N)CC2)cc1. The number of nitrogens with two attached hydrogens (primary N) is 1. The van der Waals surface area contributed by atoms with Crippen LogP contribution in [-0.2, 0) is 9.59 Å². The van der Waals surface area contributed by atoms with Gasteiger partial charge in [0.05, 0.1) is 11.8 Å². The molecule has 2 amide bonds. The van der Waals surface area contributed by atoms with E-state index in [-0.39, 0.29) is 23.8 Å². The van der Waals surface area contributed by atoms with Gasteiger partial charge < -0.3 is 16.0 Å². The van der Waals surface area contributed by atoms with Gasteiger partial charge in [-0.1, -0.05) is 24.1 Å². The Morgan fingerprint density at radius 1 is 1.21 bits per heavy atom. The zero-order chi connectivity index (χ0) is 24.1.